The van der Waals surface area contributed by atoms with Gasteiger partial charge in [0, 0.05) is 4.92 Å². The van der Waals surface area contributed by atoms with Crippen molar-refractivity contribution in [1.82, 2.24) is 0 Å². The number of aromatic carboxylic acids is 1. The molecule has 0 unspecified atom stereocenters. The minimum Gasteiger partial charge on any atom is -0.487 e. The Morgan fingerprint density at radius 1 is 1.31 bits per heavy atom. The van der Waals surface area contributed by atoms with Gasteiger partial charge >= 0.3 is 0 Å². The van der Waals surface area contributed by atoms with Gasteiger partial charge in [-0.2, -0.15) is 0 Å². The maximum Gasteiger partial charge on any atom is 0.288 e. The van der Waals surface area contributed by atoms with Crippen LogP contribution >= 0.6 is 0 Å². The van der Waals surface area contributed by atoms with Gasteiger partial charge in [0.05, 0.1) is 23.0 Å². The number of nitrogens with zero attached hydrogens (tertiary/aromatic N) is 1. The van der Waals surface area contributed by atoms with E-state index in [0.29, 0.717) is 0 Å². The summed E-state index contributed by atoms with van der Waals surface area (Å²) in [5.74, 6) is -8.25. The summed E-state index contributed by atoms with van der Waals surface area (Å²) < 4.78 is 37.8. The molecule has 5 nitrogen and oxygen atoms in total. The van der Waals surface area contributed by atoms with Crippen molar-refractivity contribution in [3.63, 3.8) is 0 Å². The van der Waals surface area contributed by atoms with Crippen LogP contribution in [0.15, 0.2) is 0 Å². The van der Waals surface area contributed by atoms with Crippen molar-refractivity contribution in [2.75, 3.05) is 0 Å². The second-order valence-corrected chi connectivity index (χ2v) is 2.35. The Hall–Kier alpha value is -3.12. The number of benzene rings is 1. The van der Waals surface area contributed by atoms with Crippen LogP contribution in [0.25, 0.3) is 0 Å². The maximum absolute atomic E-state index is 12.8. The van der Waals surface area contributed by atoms with Crippen molar-refractivity contribution in [2.45, 2.75) is 0 Å². The molecule has 0 saturated carbocycles. The summed E-state index contributed by atoms with van der Waals surface area (Å²) in [6, 6.07) is 1.20. The predicted molar refractivity (Wildman–Crippen MR) is 38.8 cm³/mol. The third-order valence-corrected chi connectivity index (χ3v) is 1.47. The van der Waals surface area contributed by atoms with Crippen LogP contribution in [0.2, 0.25) is 0 Å². The van der Waals surface area contributed by atoms with Crippen molar-refractivity contribution in [1.29, 1.82) is 0 Å². The summed E-state index contributed by atoms with van der Waals surface area (Å²) >= 11 is 0. The molecule has 0 aliphatic carbocycles. The molecule has 0 saturated heterocycles. The molecule has 0 aliphatic rings. The van der Waals surface area contributed by atoms with Crippen molar-refractivity contribution < 1.29 is 28.0 Å². The van der Waals surface area contributed by atoms with Gasteiger partial charge in [-0.3, -0.25) is 19.3 Å². The number of rotatable bonds is 2. The molecule has 1 N–H and O–H groups in total. The van der Waals surface area contributed by atoms with E-state index in [0.717, 1.165) is 0 Å². The SMILES string of the molecule is O=C(O)c1c([N+](=O)[O-])[c-]c(F)c(F)c1F.[Fm]. The number of halogens is 3. The van der Waals surface area contributed by atoms with Crippen LogP contribution in [-0.2, 0) is 0 Å². The summed E-state index contributed by atoms with van der Waals surface area (Å²) in [5.41, 5.74) is -3.02. The van der Waals surface area contributed by atoms with Crippen LogP contribution in [0.5, 0.6) is 0 Å². The Labute approximate surface area is 79.9 Å². The second kappa shape index (κ2) is 3.95. The fraction of sp³-hybridized carbons (Fsp3) is 0. The smallest absolute Gasteiger partial charge is 0.288 e. The van der Waals surface area contributed by atoms with E-state index in [4.69, 9.17) is 5.11 Å². The Kier molecular flexibility index (Phi) is 3.18. The minimum atomic E-state index is -2.12. The van der Waals surface area contributed by atoms with E-state index in [1.54, 1.807) is 0 Å². The molecule has 0 amide bonds. The Balaban J connectivity index is 0.00000225. The van der Waals surface area contributed by atoms with E-state index >= 15 is 0 Å². The first kappa shape index (κ1) is 12.9. The van der Waals surface area contributed by atoms with E-state index in [9.17, 15) is 28.1 Å². The predicted octanol–water partition coefficient (Wildman–Crippen LogP) is 1.51. The maximum atomic E-state index is 12.8. The van der Waals surface area contributed by atoms with E-state index in [-0.39, 0.29) is 0 Å². The standard InChI is InChI=1S/C7HF3NO4.Fm/c8-2-1-3(11(14)15)4(7(12)13)6(10)5(2)9;/h(H,12,13);/q-1;. The molecule has 1 aromatic rings. The van der Waals surface area contributed by atoms with Gasteiger partial charge in [0.2, 0.25) is 0 Å². The molecular formula is C7HF3FmNO4-. The molecule has 0 fully saturated rings. The molecular weight excluding hydrogens is 476 g/mol. The van der Waals surface area contributed by atoms with Gasteiger partial charge in [0.25, 0.3) is 5.97 Å². The second-order valence-electron chi connectivity index (χ2n) is 2.35. The van der Waals surface area contributed by atoms with Crippen molar-refractivity contribution >= 4 is 11.7 Å². The average molecular weight is 477 g/mol. The van der Waals surface area contributed by atoms with Gasteiger partial charge in [-0.25, -0.2) is 8.78 Å². The molecule has 9 heteroatoms. The number of nitro groups is 1. The number of carbonyl (C=O) groups is 1. The molecule has 0 spiro atoms. The molecule has 0 heterocycles. The van der Waals surface area contributed by atoms with E-state index < -0.39 is 39.6 Å². The quantitative estimate of drug-likeness (QED) is 0.303. The molecule has 0 radical (unpaired) electrons. The number of hydrogen-bond donors (Lipinski definition) is 1. The number of carboxylic acids is 1. The van der Waals surface area contributed by atoms with Gasteiger partial charge in [0.15, 0.2) is 5.69 Å². The molecule has 0 aromatic heterocycles. The first-order valence-corrected chi connectivity index (χ1v) is 3.33. The topological polar surface area (TPSA) is 80.4 Å². The fourth-order valence-corrected chi connectivity index (χ4v) is 0.863. The summed E-state index contributed by atoms with van der Waals surface area (Å²) in [5, 5.41) is 18.6. The van der Waals surface area contributed by atoms with Crippen LogP contribution in [0.3, 0.4) is 0 Å². The van der Waals surface area contributed by atoms with Crippen LogP contribution in [-0.4, -0.2) is 16.0 Å². The summed E-state index contributed by atoms with van der Waals surface area (Å²) in [6.45, 7) is 0. The van der Waals surface area contributed by atoms with Crippen LogP contribution in [0.4, 0.5) is 18.9 Å². The van der Waals surface area contributed by atoms with Crippen LogP contribution < -0.4 is 0 Å². The molecule has 0 aliphatic heterocycles. The van der Waals surface area contributed by atoms with Crippen LogP contribution in [0.1, 0.15) is 10.4 Å². The summed E-state index contributed by atoms with van der Waals surface area (Å²) in [4.78, 5) is 19.2. The van der Waals surface area contributed by atoms with Crippen molar-refractivity contribution in [2.24, 2.45) is 0 Å². The van der Waals surface area contributed by atoms with Gasteiger partial charge in [0.1, 0.15) is 0 Å². The number of hydrogen-bond acceptors (Lipinski definition) is 3. The zero-order valence-corrected chi connectivity index (χ0v) is 9.45. The van der Waals surface area contributed by atoms with E-state index in [2.05, 4.69) is 0 Å². The van der Waals surface area contributed by atoms with Gasteiger partial charge in [-0.15, -0.1) is 0 Å². The van der Waals surface area contributed by atoms with Gasteiger partial charge in [-0.05, 0) is 0 Å². The van der Waals surface area contributed by atoms with E-state index in [1.165, 1.54) is 6.07 Å². The van der Waals surface area contributed by atoms with Gasteiger partial charge < -0.3 is 5.11 Å². The first-order valence-electron chi connectivity index (χ1n) is 3.33. The third-order valence-electron chi connectivity index (χ3n) is 1.47. The Morgan fingerprint density at radius 2 is 1.81 bits per heavy atom. The molecule has 1 rings (SSSR count). The zero-order chi connectivity index (χ0) is 11.7. The van der Waals surface area contributed by atoms with Crippen molar-refractivity contribution in [3.05, 3.63) is 39.2 Å². The number of nitro benzene ring substituents is 1. The first-order chi connectivity index (χ1) is 6.86. The zero-order valence-electron chi connectivity index (χ0n) is 7.04. The van der Waals surface area contributed by atoms with Crippen LogP contribution in [0, 0.1) is 33.6 Å². The number of carboxylic acid groups (broad SMARTS) is 1. The molecule has 92 valence electrons. The minimum absolute atomic E-state index is 0. The van der Waals surface area contributed by atoms with E-state index in [1.807, 2.05) is 0 Å². The monoisotopic (exact) mass is 477 g/mol. The third kappa shape index (κ3) is 1.72. The average Bonchev–Trinajstić information content (AvgIpc) is 2.12. The molecule has 0 atom stereocenters. The molecule has 1 aromatic carbocycles. The Morgan fingerprint density at radius 3 is 2.19 bits per heavy atom. The van der Waals surface area contributed by atoms with Gasteiger partial charge in [-0.1, -0.05) is 6.07 Å². The normalized spacial score (nSPS) is 9.44. The molecule has 16 heavy (non-hydrogen) atoms. The fourth-order valence-electron chi connectivity index (χ4n) is 0.863. The summed E-state index contributed by atoms with van der Waals surface area (Å²) in [6.07, 6.45) is 0. The largest absolute Gasteiger partial charge is 0.487 e. The summed E-state index contributed by atoms with van der Waals surface area (Å²) in [7, 11) is 0. The van der Waals surface area contributed by atoms with Crippen molar-refractivity contribution in [3.8, 4) is 0 Å². The molecule has 0 bridgehead atoms. The Bertz CT molecular complexity index is 465.